The maximum absolute atomic E-state index is 11.9. The summed E-state index contributed by atoms with van der Waals surface area (Å²) in [6.45, 7) is 7.72. The van der Waals surface area contributed by atoms with E-state index in [1.165, 1.54) is 10.4 Å². The van der Waals surface area contributed by atoms with Crippen LogP contribution in [0.2, 0.25) is 0 Å². The third-order valence-electron chi connectivity index (χ3n) is 3.39. The zero-order valence-electron chi connectivity index (χ0n) is 11.4. The molecule has 0 spiro atoms. The Morgan fingerprint density at radius 1 is 1.61 bits per heavy atom. The number of thiophene rings is 1. The van der Waals surface area contributed by atoms with Crippen molar-refractivity contribution in [1.82, 2.24) is 10.2 Å². The van der Waals surface area contributed by atoms with Crippen molar-refractivity contribution in [1.29, 1.82) is 0 Å². The van der Waals surface area contributed by atoms with Crippen LogP contribution in [-0.4, -0.2) is 29.9 Å². The smallest absolute Gasteiger partial charge is 0.234 e. The monoisotopic (exact) mass is 266 g/mol. The Balaban J connectivity index is 2.04. The first kappa shape index (κ1) is 13.6. The van der Waals surface area contributed by atoms with Gasteiger partial charge < -0.3 is 5.32 Å². The maximum atomic E-state index is 11.9. The van der Waals surface area contributed by atoms with Crippen molar-refractivity contribution in [3.63, 3.8) is 0 Å². The molecule has 1 aliphatic rings. The molecule has 18 heavy (non-hydrogen) atoms. The highest BCUT2D eigenvalue weighted by Gasteiger charge is 2.28. The van der Waals surface area contributed by atoms with Gasteiger partial charge in [-0.2, -0.15) is 0 Å². The standard InChI is InChI=1S/C14H22N2OS/c1-4-12-11-6-8-18-13(11)5-7-16(12)9-14(17)15-10(2)3/h6,8,10,12H,4-5,7,9H2,1-3H3,(H,15,17)/t12-/m0/s1. The number of fused-ring (bicyclic) bond motifs is 1. The molecule has 0 fully saturated rings. The van der Waals surface area contributed by atoms with Crippen LogP contribution in [0.4, 0.5) is 0 Å². The number of nitrogens with one attached hydrogen (secondary N) is 1. The van der Waals surface area contributed by atoms with Crippen molar-refractivity contribution in [2.75, 3.05) is 13.1 Å². The zero-order chi connectivity index (χ0) is 13.1. The van der Waals surface area contributed by atoms with E-state index < -0.39 is 0 Å². The molecular formula is C14H22N2OS. The van der Waals surface area contributed by atoms with E-state index in [0.717, 1.165) is 19.4 Å². The van der Waals surface area contributed by atoms with Crippen molar-refractivity contribution in [2.24, 2.45) is 0 Å². The van der Waals surface area contributed by atoms with Gasteiger partial charge in [-0.3, -0.25) is 9.69 Å². The van der Waals surface area contributed by atoms with Crippen LogP contribution in [0.1, 0.15) is 43.7 Å². The van der Waals surface area contributed by atoms with Gasteiger partial charge in [-0.1, -0.05) is 6.92 Å². The third kappa shape index (κ3) is 2.93. The Morgan fingerprint density at radius 2 is 2.39 bits per heavy atom. The first-order chi connectivity index (χ1) is 8.61. The van der Waals surface area contributed by atoms with Crippen LogP contribution in [0.5, 0.6) is 0 Å². The summed E-state index contributed by atoms with van der Waals surface area (Å²) in [6.07, 6.45) is 2.15. The molecule has 0 saturated heterocycles. The lowest BCUT2D eigenvalue weighted by Crippen LogP contribution is -2.43. The molecule has 1 aromatic heterocycles. The molecule has 1 aromatic rings. The quantitative estimate of drug-likeness (QED) is 0.908. The van der Waals surface area contributed by atoms with E-state index in [1.54, 1.807) is 0 Å². The number of hydrogen-bond donors (Lipinski definition) is 1. The Morgan fingerprint density at radius 3 is 3.06 bits per heavy atom. The molecule has 1 amide bonds. The van der Waals surface area contributed by atoms with Crippen molar-refractivity contribution in [2.45, 2.75) is 45.7 Å². The minimum atomic E-state index is 0.141. The second-order valence-electron chi connectivity index (χ2n) is 5.17. The topological polar surface area (TPSA) is 32.3 Å². The number of amides is 1. The molecule has 2 heterocycles. The number of nitrogens with zero attached hydrogens (tertiary/aromatic N) is 1. The van der Waals surface area contributed by atoms with E-state index in [9.17, 15) is 4.79 Å². The molecule has 1 aliphatic heterocycles. The molecule has 3 nitrogen and oxygen atoms in total. The molecule has 0 aromatic carbocycles. The second kappa shape index (κ2) is 5.85. The van der Waals surface area contributed by atoms with Gasteiger partial charge >= 0.3 is 0 Å². The van der Waals surface area contributed by atoms with Gasteiger partial charge in [0.05, 0.1) is 6.54 Å². The van der Waals surface area contributed by atoms with E-state index >= 15 is 0 Å². The molecule has 1 atom stereocenters. The van der Waals surface area contributed by atoms with Crippen LogP contribution in [0.3, 0.4) is 0 Å². The van der Waals surface area contributed by atoms with Gasteiger partial charge in [0, 0.05) is 23.5 Å². The average molecular weight is 266 g/mol. The molecule has 4 heteroatoms. The summed E-state index contributed by atoms with van der Waals surface area (Å²) >= 11 is 1.85. The summed E-state index contributed by atoms with van der Waals surface area (Å²) in [7, 11) is 0. The van der Waals surface area contributed by atoms with Gasteiger partial charge in [0.1, 0.15) is 0 Å². The molecule has 0 aliphatic carbocycles. The highest BCUT2D eigenvalue weighted by Crippen LogP contribution is 2.34. The molecule has 100 valence electrons. The summed E-state index contributed by atoms with van der Waals surface area (Å²) in [6, 6.07) is 2.86. The van der Waals surface area contributed by atoms with Crippen molar-refractivity contribution in [3.05, 3.63) is 21.9 Å². The highest BCUT2D eigenvalue weighted by atomic mass is 32.1. The minimum absolute atomic E-state index is 0.141. The largest absolute Gasteiger partial charge is 0.353 e. The second-order valence-corrected chi connectivity index (χ2v) is 6.17. The Kier molecular flexibility index (Phi) is 4.40. The van der Waals surface area contributed by atoms with Crippen molar-refractivity contribution < 1.29 is 4.79 Å². The van der Waals surface area contributed by atoms with Crippen LogP contribution in [0, 0.1) is 0 Å². The van der Waals surface area contributed by atoms with E-state index in [4.69, 9.17) is 0 Å². The maximum Gasteiger partial charge on any atom is 0.234 e. The summed E-state index contributed by atoms with van der Waals surface area (Å²) < 4.78 is 0. The molecule has 0 unspecified atom stereocenters. The Bertz CT molecular complexity index is 414. The number of carbonyl (C=O) groups excluding carboxylic acids is 1. The van der Waals surface area contributed by atoms with Crippen LogP contribution >= 0.6 is 11.3 Å². The number of rotatable bonds is 4. The molecule has 0 radical (unpaired) electrons. The van der Waals surface area contributed by atoms with E-state index in [0.29, 0.717) is 12.6 Å². The van der Waals surface area contributed by atoms with Crippen LogP contribution in [0.25, 0.3) is 0 Å². The third-order valence-corrected chi connectivity index (χ3v) is 4.39. The highest BCUT2D eigenvalue weighted by molar-refractivity contribution is 7.10. The van der Waals surface area contributed by atoms with Gasteiger partial charge in [0.2, 0.25) is 5.91 Å². The fraction of sp³-hybridized carbons (Fsp3) is 0.643. The number of hydrogen-bond acceptors (Lipinski definition) is 3. The lowest BCUT2D eigenvalue weighted by molar-refractivity contribution is -0.123. The summed E-state index contributed by atoms with van der Waals surface area (Å²) in [5.41, 5.74) is 1.44. The Hall–Kier alpha value is -0.870. The van der Waals surface area contributed by atoms with Gasteiger partial charge in [-0.15, -0.1) is 11.3 Å². The average Bonchev–Trinajstić information content (AvgIpc) is 2.75. The van der Waals surface area contributed by atoms with Gasteiger partial charge in [-0.05, 0) is 43.7 Å². The van der Waals surface area contributed by atoms with Gasteiger partial charge in [0.15, 0.2) is 0 Å². The first-order valence-electron chi connectivity index (χ1n) is 6.71. The van der Waals surface area contributed by atoms with E-state index in [-0.39, 0.29) is 11.9 Å². The van der Waals surface area contributed by atoms with Gasteiger partial charge in [0.25, 0.3) is 0 Å². The number of carbonyl (C=O) groups is 1. The fourth-order valence-corrected chi connectivity index (χ4v) is 3.60. The van der Waals surface area contributed by atoms with Crippen LogP contribution < -0.4 is 5.32 Å². The van der Waals surface area contributed by atoms with Gasteiger partial charge in [-0.25, -0.2) is 0 Å². The summed E-state index contributed by atoms with van der Waals surface area (Å²) in [5.74, 6) is 0.141. The predicted molar refractivity (Wildman–Crippen MR) is 75.9 cm³/mol. The van der Waals surface area contributed by atoms with E-state index in [2.05, 4.69) is 28.6 Å². The zero-order valence-corrected chi connectivity index (χ0v) is 12.2. The van der Waals surface area contributed by atoms with E-state index in [1.807, 2.05) is 25.2 Å². The van der Waals surface area contributed by atoms with Crippen LogP contribution in [0.15, 0.2) is 11.4 Å². The molecular weight excluding hydrogens is 244 g/mol. The predicted octanol–water partition coefficient (Wildman–Crippen LogP) is 2.58. The lowest BCUT2D eigenvalue weighted by atomic mass is 9.98. The lowest BCUT2D eigenvalue weighted by Gasteiger charge is -2.35. The molecule has 0 saturated carbocycles. The molecule has 2 rings (SSSR count). The summed E-state index contributed by atoms with van der Waals surface area (Å²) in [4.78, 5) is 15.7. The molecule has 1 N–H and O–H groups in total. The fourth-order valence-electron chi connectivity index (χ4n) is 2.67. The Labute approximate surface area is 113 Å². The first-order valence-corrected chi connectivity index (χ1v) is 7.59. The normalized spacial score (nSPS) is 19.9. The summed E-state index contributed by atoms with van der Waals surface area (Å²) in [5, 5.41) is 5.15. The molecule has 0 bridgehead atoms. The van der Waals surface area contributed by atoms with Crippen molar-refractivity contribution >= 4 is 17.2 Å². The SMILES string of the molecule is CC[C@H]1c2ccsc2CCN1CC(=O)NC(C)C. The minimum Gasteiger partial charge on any atom is -0.353 e. The van der Waals surface area contributed by atoms with Crippen LogP contribution in [-0.2, 0) is 11.2 Å². The van der Waals surface area contributed by atoms with Crippen molar-refractivity contribution in [3.8, 4) is 0 Å².